The smallest absolute Gasteiger partial charge is 0.263 e. The van der Waals surface area contributed by atoms with Gasteiger partial charge in [0.05, 0.1) is 6.61 Å². The maximum Gasteiger partial charge on any atom is 0.263 e. The fraction of sp³-hybridized carbons (Fsp3) is 0.444. The lowest BCUT2D eigenvalue weighted by atomic mass is 10.1. The molecule has 1 aromatic carbocycles. The minimum absolute atomic E-state index is 0.138. The first-order valence-corrected chi connectivity index (χ1v) is 8.24. The van der Waals surface area contributed by atoms with E-state index < -0.39 is 0 Å². The molecule has 24 heavy (non-hydrogen) atoms. The molecule has 0 atom stereocenters. The highest BCUT2D eigenvalue weighted by molar-refractivity contribution is 5.97. The van der Waals surface area contributed by atoms with E-state index in [2.05, 4.69) is 10.2 Å². The number of nitriles is 1. The van der Waals surface area contributed by atoms with Gasteiger partial charge in [0.2, 0.25) is 0 Å². The number of hydrogen-bond acceptors (Lipinski definition) is 5. The highest BCUT2D eigenvalue weighted by atomic mass is 16.3. The second-order valence-corrected chi connectivity index (χ2v) is 5.75. The van der Waals surface area contributed by atoms with Crippen LogP contribution in [0, 0.1) is 11.3 Å². The maximum absolute atomic E-state index is 12.1. The summed E-state index contributed by atoms with van der Waals surface area (Å²) in [5, 5.41) is 21.0. The van der Waals surface area contributed by atoms with Crippen molar-refractivity contribution in [3.8, 4) is 6.07 Å². The molecule has 0 radical (unpaired) electrons. The van der Waals surface area contributed by atoms with Gasteiger partial charge in [0.15, 0.2) is 0 Å². The number of hydrogen-bond donors (Lipinski definition) is 2. The molecule has 1 aliphatic rings. The first-order chi connectivity index (χ1) is 11.7. The molecule has 1 aromatic rings. The first-order valence-electron chi connectivity index (χ1n) is 8.24. The summed E-state index contributed by atoms with van der Waals surface area (Å²) in [6, 6.07) is 11.9. The van der Waals surface area contributed by atoms with E-state index in [4.69, 9.17) is 5.11 Å². The normalized spacial score (nSPS) is 15.8. The minimum atomic E-state index is -0.328. The zero-order valence-electron chi connectivity index (χ0n) is 13.8. The van der Waals surface area contributed by atoms with E-state index in [1.165, 1.54) is 0 Å². The van der Waals surface area contributed by atoms with Crippen LogP contribution >= 0.6 is 0 Å². The topological polar surface area (TPSA) is 79.6 Å². The predicted octanol–water partition coefficient (Wildman–Crippen LogP) is 0.363. The number of piperazine rings is 1. The van der Waals surface area contributed by atoms with Gasteiger partial charge in [-0.25, -0.2) is 0 Å². The molecule has 0 spiro atoms. The Hall–Kier alpha value is -2.36. The van der Waals surface area contributed by atoms with Crippen molar-refractivity contribution >= 4 is 5.91 Å². The molecule has 0 unspecified atom stereocenters. The molecule has 0 aromatic heterocycles. The van der Waals surface area contributed by atoms with Crippen molar-refractivity contribution in [1.82, 2.24) is 15.1 Å². The third-order valence-electron chi connectivity index (χ3n) is 4.04. The van der Waals surface area contributed by atoms with E-state index in [0.29, 0.717) is 13.1 Å². The average molecular weight is 328 g/mol. The summed E-state index contributed by atoms with van der Waals surface area (Å²) < 4.78 is 0. The number of rotatable bonds is 7. The molecule has 0 bridgehead atoms. The molecule has 2 N–H and O–H groups in total. The van der Waals surface area contributed by atoms with E-state index in [9.17, 15) is 10.1 Å². The SMILES string of the molecule is N#C/C(=C/N1CCN(CCO)CC1)C(=O)NCCc1ccccc1. The summed E-state index contributed by atoms with van der Waals surface area (Å²) in [5.74, 6) is -0.328. The maximum atomic E-state index is 12.1. The van der Waals surface area contributed by atoms with Crippen molar-refractivity contribution in [2.24, 2.45) is 0 Å². The molecular weight excluding hydrogens is 304 g/mol. The molecule has 1 saturated heterocycles. The van der Waals surface area contributed by atoms with E-state index in [0.717, 1.165) is 38.2 Å². The number of β-amino-alcohol motifs (C(OH)–C–C–N with tert-alkyl or cyclic N) is 1. The Morgan fingerprint density at radius 2 is 1.96 bits per heavy atom. The number of aliphatic hydroxyl groups is 1. The zero-order chi connectivity index (χ0) is 17.2. The van der Waals surface area contributed by atoms with Gasteiger partial charge in [0, 0.05) is 45.5 Å². The summed E-state index contributed by atoms with van der Waals surface area (Å²) >= 11 is 0. The predicted molar refractivity (Wildman–Crippen MR) is 92.0 cm³/mol. The number of nitrogens with zero attached hydrogens (tertiary/aromatic N) is 3. The molecule has 6 heteroatoms. The Morgan fingerprint density at radius 1 is 1.25 bits per heavy atom. The van der Waals surface area contributed by atoms with Crippen molar-refractivity contribution in [2.45, 2.75) is 6.42 Å². The zero-order valence-corrected chi connectivity index (χ0v) is 13.8. The van der Waals surface area contributed by atoms with E-state index in [-0.39, 0.29) is 18.1 Å². The number of benzene rings is 1. The summed E-state index contributed by atoms with van der Waals surface area (Å²) in [6.07, 6.45) is 2.39. The fourth-order valence-electron chi connectivity index (χ4n) is 2.64. The second-order valence-electron chi connectivity index (χ2n) is 5.75. The van der Waals surface area contributed by atoms with Crippen LogP contribution in [-0.4, -0.2) is 66.7 Å². The molecule has 1 heterocycles. The Bertz CT molecular complexity index is 587. The van der Waals surface area contributed by atoms with Crippen LogP contribution in [-0.2, 0) is 11.2 Å². The minimum Gasteiger partial charge on any atom is -0.395 e. The quantitative estimate of drug-likeness (QED) is 0.558. The molecule has 128 valence electrons. The summed E-state index contributed by atoms with van der Waals surface area (Å²) in [5.41, 5.74) is 1.29. The van der Waals surface area contributed by atoms with Crippen LogP contribution in [0.5, 0.6) is 0 Å². The standard InChI is InChI=1S/C18H24N4O2/c19-14-17(15-22-10-8-21(9-11-22)12-13-23)18(24)20-7-6-16-4-2-1-3-5-16/h1-5,15,23H,6-13H2,(H,20,24)/b17-15-. The monoisotopic (exact) mass is 328 g/mol. The van der Waals surface area contributed by atoms with Crippen molar-refractivity contribution in [2.75, 3.05) is 45.9 Å². The molecule has 1 aliphatic heterocycles. The Labute approximate surface area is 143 Å². The highest BCUT2D eigenvalue weighted by Crippen LogP contribution is 2.05. The summed E-state index contributed by atoms with van der Waals surface area (Å²) in [7, 11) is 0. The van der Waals surface area contributed by atoms with E-state index in [1.54, 1.807) is 6.20 Å². The lowest BCUT2D eigenvalue weighted by Crippen LogP contribution is -2.45. The third kappa shape index (κ3) is 5.69. The van der Waals surface area contributed by atoms with Crippen molar-refractivity contribution < 1.29 is 9.90 Å². The largest absolute Gasteiger partial charge is 0.395 e. The lowest BCUT2D eigenvalue weighted by molar-refractivity contribution is -0.117. The van der Waals surface area contributed by atoms with Gasteiger partial charge in [-0.15, -0.1) is 0 Å². The van der Waals surface area contributed by atoms with Gasteiger partial charge in [-0.3, -0.25) is 9.69 Å². The van der Waals surface area contributed by atoms with Crippen LogP contribution in [0.3, 0.4) is 0 Å². The van der Waals surface area contributed by atoms with Crippen LogP contribution in [0.2, 0.25) is 0 Å². The molecule has 2 rings (SSSR count). The van der Waals surface area contributed by atoms with Crippen molar-refractivity contribution in [3.63, 3.8) is 0 Å². The van der Waals surface area contributed by atoms with Gasteiger partial charge in [0.25, 0.3) is 5.91 Å². The molecule has 0 saturated carbocycles. The molecule has 1 amide bonds. The Kier molecular flexibility index (Phi) is 7.27. The Morgan fingerprint density at radius 3 is 2.58 bits per heavy atom. The highest BCUT2D eigenvalue weighted by Gasteiger charge is 2.16. The van der Waals surface area contributed by atoms with Gasteiger partial charge in [0.1, 0.15) is 11.6 Å². The van der Waals surface area contributed by atoms with E-state index >= 15 is 0 Å². The van der Waals surface area contributed by atoms with Gasteiger partial charge >= 0.3 is 0 Å². The van der Waals surface area contributed by atoms with Gasteiger partial charge in [-0.1, -0.05) is 30.3 Å². The first kappa shape index (κ1) is 18.0. The number of nitrogens with one attached hydrogen (secondary N) is 1. The van der Waals surface area contributed by atoms with Gasteiger partial charge in [-0.2, -0.15) is 5.26 Å². The molecular formula is C18H24N4O2. The lowest BCUT2D eigenvalue weighted by Gasteiger charge is -2.33. The van der Waals surface area contributed by atoms with Crippen LogP contribution in [0.4, 0.5) is 0 Å². The molecule has 0 aliphatic carbocycles. The summed E-state index contributed by atoms with van der Waals surface area (Å²) in [6.45, 7) is 4.49. The number of carbonyl (C=O) groups is 1. The van der Waals surface area contributed by atoms with Crippen LogP contribution in [0.15, 0.2) is 42.1 Å². The van der Waals surface area contributed by atoms with Crippen LogP contribution in [0.1, 0.15) is 5.56 Å². The van der Waals surface area contributed by atoms with Gasteiger partial charge in [-0.05, 0) is 12.0 Å². The van der Waals surface area contributed by atoms with Crippen LogP contribution < -0.4 is 5.32 Å². The number of aliphatic hydroxyl groups excluding tert-OH is 1. The molecule has 1 fully saturated rings. The second kappa shape index (κ2) is 9.71. The van der Waals surface area contributed by atoms with Gasteiger partial charge < -0.3 is 15.3 Å². The summed E-state index contributed by atoms with van der Waals surface area (Å²) in [4.78, 5) is 16.3. The van der Waals surface area contributed by atoms with Crippen molar-refractivity contribution in [3.05, 3.63) is 47.7 Å². The molecule has 6 nitrogen and oxygen atoms in total. The third-order valence-corrected chi connectivity index (χ3v) is 4.04. The van der Waals surface area contributed by atoms with E-state index in [1.807, 2.05) is 41.3 Å². The fourth-order valence-corrected chi connectivity index (χ4v) is 2.64. The van der Waals surface area contributed by atoms with Crippen molar-refractivity contribution in [1.29, 1.82) is 5.26 Å². The average Bonchev–Trinajstić information content (AvgIpc) is 2.62. The van der Waals surface area contributed by atoms with Crippen LogP contribution in [0.25, 0.3) is 0 Å². The Balaban J connectivity index is 1.80. The number of amides is 1. The number of carbonyl (C=O) groups excluding carboxylic acids is 1.